The number of nitrogens with zero attached hydrogens (tertiary/aromatic N) is 1. The molecule has 0 spiro atoms. The van der Waals surface area contributed by atoms with Gasteiger partial charge in [-0.05, 0) is 29.8 Å². The molecule has 0 aliphatic rings. The average Bonchev–Trinajstić information content (AvgIpc) is 3.18. The molecular weight excluding hydrogens is 393 g/mol. The zero-order valence-corrected chi connectivity index (χ0v) is 16.0. The Labute approximate surface area is 170 Å². The highest BCUT2D eigenvalue weighted by atomic mass is 19.4. The summed E-state index contributed by atoms with van der Waals surface area (Å²) in [6.07, 6.45) is -4.44. The lowest BCUT2D eigenvalue weighted by Gasteiger charge is -2.07. The number of carbonyl (C=O) groups excluding carboxylic acids is 1. The highest BCUT2D eigenvalue weighted by Crippen LogP contribution is 2.33. The van der Waals surface area contributed by atoms with Crippen molar-refractivity contribution < 1.29 is 22.7 Å². The topological polar surface area (TPSA) is 55.0 Å². The molecular formula is C23H17F3N2O2. The molecule has 0 aliphatic carbocycles. The Morgan fingerprint density at radius 2 is 1.70 bits per heavy atom. The summed E-state index contributed by atoms with van der Waals surface area (Å²) in [6, 6.07) is 18.0. The Kier molecular flexibility index (Phi) is 5.03. The number of ether oxygens (including phenoxy) is 1. The van der Waals surface area contributed by atoms with Crippen LogP contribution in [0.25, 0.3) is 33.4 Å². The molecule has 4 aromatic rings. The number of fused-ring (bicyclic) bond motifs is 1. The van der Waals surface area contributed by atoms with Gasteiger partial charge in [-0.2, -0.15) is 13.2 Å². The number of hydrogen-bond acceptors (Lipinski definition) is 3. The number of imidazole rings is 1. The van der Waals surface area contributed by atoms with E-state index in [1.165, 1.54) is 12.1 Å². The van der Waals surface area contributed by atoms with Gasteiger partial charge in [0.2, 0.25) is 0 Å². The summed E-state index contributed by atoms with van der Waals surface area (Å²) in [5.41, 5.74) is 0.726. The number of hydrogen-bond donors (Lipinski definition) is 1. The molecule has 3 aromatic carbocycles. The third kappa shape index (κ3) is 3.66. The van der Waals surface area contributed by atoms with Crippen LogP contribution in [0, 0.1) is 0 Å². The van der Waals surface area contributed by atoms with E-state index >= 15 is 0 Å². The van der Waals surface area contributed by atoms with Crippen molar-refractivity contribution >= 4 is 16.7 Å². The van der Waals surface area contributed by atoms with Crippen molar-refractivity contribution in [1.29, 1.82) is 0 Å². The maximum atomic E-state index is 12.9. The lowest BCUT2D eigenvalue weighted by atomic mass is 10.0. The fraction of sp³-hybridized carbons (Fsp3) is 0.130. The molecule has 0 fully saturated rings. The predicted octanol–water partition coefficient (Wildman–Crippen LogP) is 6.09. The average molecular weight is 410 g/mol. The molecule has 0 amide bonds. The van der Waals surface area contributed by atoms with Crippen molar-refractivity contribution in [2.24, 2.45) is 0 Å². The zero-order chi connectivity index (χ0) is 21.3. The fourth-order valence-electron chi connectivity index (χ4n) is 3.31. The van der Waals surface area contributed by atoms with E-state index < -0.39 is 17.7 Å². The molecule has 152 valence electrons. The second-order valence-corrected chi connectivity index (χ2v) is 6.63. The number of rotatable bonds is 4. The number of H-pyrrole nitrogens is 1. The number of carbonyl (C=O) groups is 1. The van der Waals surface area contributed by atoms with Gasteiger partial charge in [0.25, 0.3) is 0 Å². The summed E-state index contributed by atoms with van der Waals surface area (Å²) in [4.78, 5) is 20.1. The summed E-state index contributed by atoms with van der Waals surface area (Å²) >= 11 is 0. The van der Waals surface area contributed by atoms with Gasteiger partial charge in [-0.25, -0.2) is 9.78 Å². The number of esters is 1. The summed E-state index contributed by atoms with van der Waals surface area (Å²) in [7, 11) is 0. The van der Waals surface area contributed by atoms with Crippen molar-refractivity contribution in [3.05, 3.63) is 78.0 Å². The molecule has 4 nitrogen and oxygen atoms in total. The van der Waals surface area contributed by atoms with E-state index in [-0.39, 0.29) is 18.0 Å². The molecule has 1 aromatic heterocycles. The molecule has 0 saturated carbocycles. The van der Waals surface area contributed by atoms with Crippen molar-refractivity contribution in [3.8, 4) is 22.6 Å². The Hall–Kier alpha value is -3.61. The summed E-state index contributed by atoms with van der Waals surface area (Å²) < 4.78 is 43.8. The first kappa shape index (κ1) is 19.7. The van der Waals surface area contributed by atoms with Crippen LogP contribution in [0.1, 0.15) is 23.0 Å². The second kappa shape index (κ2) is 7.67. The van der Waals surface area contributed by atoms with E-state index in [1.807, 2.05) is 42.5 Å². The molecule has 0 unspecified atom stereocenters. The molecule has 1 heterocycles. The Morgan fingerprint density at radius 3 is 2.40 bits per heavy atom. The lowest BCUT2D eigenvalue weighted by Crippen LogP contribution is -2.07. The van der Waals surface area contributed by atoms with Crippen LogP contribution in [0.5, 0.6) is 0 Å². The van der Waals surface area contributed by atoms with Crippen molar-refractivity contribution in [3.63, 3.8) is 0 Å². The minimum absolute atomic E-state index is 0.0968. The van der Waals surface area contributed by atoms with Crippen LogP contribution in [0.4, 0.5) is 13.2 Å². The number of benzene rings is 3. The summed E-state index contributed by atoms with van der Waals surface area (Å²) in [5, 5.41) is 1.93. The third-order valence-corrected chi connectivity index (χ3v) is 4.71. The molecule has 30 heavy (non-hydrogen) atoms. The van der Waals surface area contributed by atoms with Crippen LogP contribution in [0.3, 0.4) is 0 Å². The maximum absolute atomic E-state index is 12.9. The number of nitrogens with one attached hydrogen (secondary N) is 1. The molecule has 0 atom stereocenters. The second-order valence-electron chi connectivity index (χ2n) is 6.63. The maximum Gasteiger partial charge on any atom is 0.416 e. The first-order valence-electron chi connectivity index (χ1n) is 9.31. The Bertz CT molecular complexity index is 1210. The van der Waals surface area contributed by atoms with E-state index in [4.69, 9.17) is 4.74 Å². The van der Waals surface area contributed by atoms with Gasteiger partial charge >= 0.3 is 12.1 Å². The standard InChI is InChI=1S/C23H17F3N2O2/c1-2-30-22(29)20-19(15-10-12-16(13-11-15)23(24,25)26)27-21(28-20)18-9-5-7-14-6-3-4-8-17(14)18/h3-13H,2H2,1H3,(H,27,28). The van der Waals surface area contributed by atoms with Crippen LogP contribution < -0.4 is 0 Å². The number of aromatic amines is 1. The van der Waals surface area contributed by atoms with Crippen LogP contribution in [0.15, 0.2) is 66.7 Å². The van der Waals surface area contributed by atoms with Crippen LogP contribution in [0.2, 0.25) is 0 Å². The fourth-order valence-corrected chi connectivity index (χ4v) is 3.31. The van der Waals surface area contributed by atoms with Gasteiger partial charge in [0, 0.05) is 11.1 Å². The number of aromatic nitrogens is 2. The van der Waals surface area contributed by atoms with Gasteiger partial charge < -0.3 is 9.72 Å². The first-order chi connectivity index (χ1) is 14.4. The van der Waals surface area contributed by atoms with E-state index in [2.05, 4.69) is 9.97 Å². The quantitative estimate of drug-likeness (QED) is 0.414. The monoisotopic (exact) mass is 410 g/mol. The SMILES string of the molecule is CCOC(=O)c1[nH]c(-c2cccc3ccccc23)nc1-c1ccc(C(F)(F)F)cc1. The van der Waals surface area contributed by atoms with Gasteiger partial charge in [0.05, 0.1) is 12.2 Å². The van der Waals surface area contributed by atoms with Gasteiger partial charge in [-0.3, -0.25) is 0 Å². The molecule has 1 N–H and O–H groups in total. The van der Waals surface area contributed by atoms with Crippen LogP contribution in [-0.2, 0) is 10.9 Å². The largest absolute Gasteiger partial charge is 0.461 e. The molecule has 0 radical (unpaired) electrons. The van der Waals surface area contributed by atoms with Crippen molar-refractivity contribution in [1.82, 2.24) is 9.97 Å². The van der Waals surface area contributed by atoms with Gasteiger partial charge in [-0.1, -0.05) is 54.6 Å². The Balaban J connectivity index is 1.86. The van der Waals surface area contributed by atoms with Gasteiger partial charge in [0.15, 0.2) is 5.69 Å². The third-order valence-electron chi connectivity index (χ3n) is 4.71. The van der Waals surface area contributed by atoms with E-state index in [9.17, 15) is 18.0 Å². The van der Waals surface area contributed by atoms with Crippen LogP contribution >= 0.6 is 0 Å². The lowest BCUT2D eigenvalue weighted by molar-refractivity contribution is -0.137. The number of halogens is 3. The normalized spacial score (nSPS) is 11.6. The highest BCUT2D eigenvalue weighted by molar-refractivity contribution is 5.99. The molecule has 7 heteroatoms. The predicted molar refractivity (Wildman–Crippen MR) is 108 cm³/mol. The summed E-state index contributed by atoms with van der Waals surface area (Å²) in [5.74, 6) is -0.184. The van der Waals surface area contributed by atoms with E-state index in [1.54, 1.807) is 6.92 Å². The minimum atomic E-state index is -4.44. The molecule has 0 saturated heterocycles. The van der Waals surface area contributed by atoms with Gasteiger partial charge in [-0.15, -0.1) is 0 Å². The molecule has 4 rings (SSSR count). The highest BCUT2D eigenvalue weighted by Gasteiger charge is 2.30. The Morgan fingerprint density at radius 1 is 1.00 bits per heavy atom. The van der Waals surface area contributed by atoms with Crippen molar-refractivity contribution in [2.75, 3.05) is 6.61 Å². The van der Waals surface area contributed by atoms with E-state index in [0.29, 0.717) is 11.4 Å². The molecule has 0 bridgehead atoms. The van der Waals surface area contributed by atoms with Crippen molar-refractivity contribution in [2.45, 2.75) is 13.1 Å². The van der Waals surface area contributed by atoms with Gasteiger partial charge in [0.1, 0.15) is 11.5 Å². The zero-order valence-electron chi connectivity index (χ0n) is 16.0. The summed E-state index contributed by atoms with van der Waals surface area (Å²) in [6.45, 7) is 1.84. The molecule has 0 aliphatic heterocycles. The van der Waals surface area contributed by atoms with E-state index in [0.717, 1.165) is 28.5 Å². The minimum Gasteiger partial charge on any atom is -0.461 e. The first-order valence-corrected chi connectivity index (χ1v) is 9.31. The van der Waals surface area contributed by atoms with Crippen LogP contribution in [-0.4, -0.2) is 22.5 Å². The number of alkyl halides is 3. The smallest absolute Gasteiger partial charge is 0.416 e.